The van der Waals surface area contributed by atoms with Crippen molar-refractivity contribution in [3.8, 4) is 0 Å². The molecule has 9 heteroatoms. The Balaban J connectivity index is 1.94. The van der Waals surface area contributed by atoms with Crippen molar-refractivity contribution in [2.45, 2.75) is 71.0 Å². The second-order valence-electron chi connectivity index (χ2n) is 9.31. The van der Waals surface area contributed by atoms with Gasteiger partial charge in [0.2, 0.25) is 21.8 Å². The fourth-order valence-electron chi connectivity index (χ4n) is 4.72. The highest BCUT2D eigenvalue weighted by Gasteiger charge is 2.33. The molecule has 0 saturated heterocycles. The number of nitrogens with one attached hydrogen (secondary N) is 1. The fraction of sp³-hybridized carbons (Fsp3) is 0.481. The molecule has 1 aliphatic rings. The largest absolute Gasteiger partial charge is 0.352 e. The summed E-state index contributed by atoms with van der Waals surface area (Å²) in [7, 11) is -3.76. The van der Waals surface area contributed by atoms with Gasteiger partial charge in [0.1, 0.15) is 12.6 Å². The van der Waals surface area contributed by atoms with Crippen molar-refractivity contribution >= 4 is 39.1 Å². The van der Waals surface area contributed by atoms with E-state index in [0.717, 1.165) is 47.4 Å². The van der Waals surface area contributed by atoms with E-state index in [0.29, 0.717) is 23.6 Å². The maximum atomic E-state index is 13.8. The number of carbonyl (C=O) groups is 2. The Hall–Kier alpha value is -2.58. The van der Waals surface area contributed by atoms with Gasteiger partial charge in [0.05, 0.1) is 11.9 Å². The highest BCUT2D eigenvalue weighted by Crippen LogP contribution is 2.25. The van der Waals surface area contributed by atoms with Gasteiger partial charge in [0.15, 0.2) is 0 Å². The van der Waals surface area contributed by atoms with Crippen LogP contribution in [-0.4, -0.2) is 50.0 Å². The SMILES string of the molecule is CCc1ccccc1N(CC(=O)N(Cc1ccc(Cl)cc1)[C@@H](CC)C(=O)NC1CCCC1)S(C)(=O)=O. The van der Waals surface area contributed by atoms with Gasteiger partial charge in [-0.15, -0.1) is 0 Å². The molecule has 1 aliphatic carbocycles. The lowest BCUT2D eigenvalue weighted by Gasteiger charge is -2.33. The van der Waals surface area contributed by atoms with Crippen LogP contribution in [0.5, 0.6) is 0 Å². The highest BCUT2D eigenvalue weighted by atomic mass is 35.5. The van der Waals surface area contributed by atoms with Crippen LogP contribution in [-0.2, 0) is 32.6 Å². The summed E-state index contributed by atoms with van der Waals surface area (Å²) in [4.78, 5) is 28.6. The predicted octanol–water partition coefficient (Wildman–Crippen LogP) is 4.53. The van der Waals surface area contributed by atoms with Crippen molar-refractivity contribution in [3.05, 3.63) is 64.7 Å². The number of rotatable bonds is 11. The number of benzene rings is 2. The molecule has 3 rings (SSSR count). The van der Waals surface area contributed by atoms with E-state index in [4.69, 9.17) is 11.6 Å². The number of para-hydroxylation sites is 1. The standard InChI is InChI=1S/C27H36ClN3O4S/c1-4-21-10-6-9-13-25(21)31(36(3,34)35)19-26(32)30(18-20-14-16-22(28)17-15-20)24(5-2)27(33)29-23-11-7-8-12-23/h6,9-10,13-17,23-24H,4-5,7-8,11-12,18-19H2,1-3H3,(H,29,33)/t24-/m0/s1. The van der Waals surface area contributed by atoms with E-state index in [1.165, 1.54) is 4.90 Å². The summed E-state index contributed by atoms with van der Waals surface area (Å²) >= 11 is 6.04. The first-order valence-electron chi connectivity index (χ1n) is 12.5. The molecule has 0 unspecified atom stereocenters. The summed E-state index contributed by atoms with van der Waals surface area (Å²) in [6.45, 7) is 3.58. The van der Waals surface area contributed by atoms with Gasteiger partial charge in [-0.3, -0.25) is 13.9 Å². The molecule has 2 aromatic carbocycles. The maximum Gasteiger partial charge on any atom is 0.244 e. The quantitative estimate of drug-likeness (QED) is 0.459. The Morgan fingerprint density at radius 1 is 1.06 bits per heavy atom. The minimum atomic E-state index is -3.76. The molecule has 1 fully saturated rings. The number of halogens is 1. The molecule has 1 atom stereocenters. The van der Waals surface area contributed by atoms with E-state index >= 15 is 0 Å². The number of aryl methyl sites for hydroxylation is 1. The normalized spacial score (nSPS) is 14.9. The Bertz CT molecular complexity index is 1150. The molecular weight excluding hydrogens is 498 g/mol. The van der Waals surface area contributed by atoms with Gasteiger partial charge in [0, 0.05) is 17.6 Å². The first-order valence-corrected chi connectivity index (χ1v) is 14.8. The number of sulfonamides is 1. The third-order valence-electron chi connectivity index (χ3n) is 6.67. The summed E-state index contributed by atoms with van der Waals surface area (Å²) in [6, 6.07) is 13.6. The maximum absolute atomic E-state index is 13.8. The Kier molecular flexibility index (Phi) is 9.79. The lowest BCUT2D eigenvalue weighted by molar-refractivity contribution is -0.140. The van der Waals surface area contributed by atoms with E-state index in [1.54, 1.807) is 24.3 Å². The number of anilines is 1. The zero-order chi connectivity index (χ0) is 26.3. The molecule has 1 saturated carbocycles. The summed E-state index contributed by atoms with van der Waals surface area (Å²) in [5.41, 5.74) is 2.11. The van der Waals surface area contributed by atoms with Crippen LogP contribution in [0.1, 0.15) is 57.1 Å². The van der Waals surface area contributed by atoms with Crippen molar-refractivity contribution in [2.75, 3.05) is 17.1 Å². The van der Waals surface area contributed by atoms with Crippen molar-refractivity contribution in [1.82, 2.24) is 10.2 Å². The van der Waals surface area contributed by atoms with Crippen LogP contribution in [0.4, 0.5) is 5.69 Å². The van der Waals surface area contributed by atoms with E-state index in [-0.39, 0.29) is 18.5 Å². The number of hydrogen-bond acceptors (Lipinski definition) is 4. The third-order valence-corrected chi connectivity index (χ3v) is 8.05. The van der Waals surface area contributed by atoms with Crippen LogP contribution in [0.3, 0.4) is 0 Å². The fourth-order valence-corrected chi connectivity index (χ4v) is 5.73. The van der Waals surface area contributed by atoms with Crippen LogP contribution < -0.4 is 9.62 Å². The molecule has 0 aliphatic heterocycles. The lowest BCUT2D eigenvalue weighted by Crippen LogP contribution is -2.53. The van der Waals surface area contributed by atoms with Crippen LogP contribution >= 0.6 is 11.6 Å². The van der Waals surface area contributed by atoms with Gasteiger partial charge in [-0.1, -0.05) is 68.6 Å². The molecule has 36 heavy (non-hydrogen) atoms. The minimum Gasteiger partial charge on any atom is -0.352 e. The highest BCUT2D eigenvalue weighted by molar-refractivity contribution is 7.92. The molecule has 2 amide bonds. The first kappa shape index (κ1) is 28.0. The number of nitrogens with zero attached hydrogens (tertiary/aromatic N) is 2. The van der Waals surface area contributed by atoms with Gasteiger partial charge < -0.3 is 10.2 Å². The Morgan fingerprint density at radius 3 is 2.28 bits per heavy atom. The average molecular weight is 534 g/mol. The van der Waals surface area contributed by atoms with Crippen molar-refractivity contribution < 1.29 is 18.0 Å². The van der Waals surface area contributed by atoms with E-state index in [1.807, 2.05) is 38.1 Å². The average Bonchev–Trinajstić information content (AvgIpc) is 3.35. The number of amides is 2. The van der Waals surface area contributed by atoms with Gasteiger partial charge in [-0.2, -0.15) is 0 Å². The topological polar surface area (TPSA) is 86.8 Å². The van der Waals surface area contributed by atoms with Gasteiger partial charge in [0.25, 0.3) is 0 Å². The number of hydrogen-bond donors (Lipinski definition) is 1. The van der Waals surface area contributed by atoms with Gasteiger partial charge >= 0.3 is 0 Å². The third kappa shape index (κ3) is 7.23. The van der Waals surface area contributed by atoms with Gasteiger partial charge in [-0.05, 0) is 55.0 Å². The van der Waals surface area contributed by atoms with Crippen molar-refractivity contribution in [3.63, 3.8) is 0 Å². The van der Waals surface area contributed by atoms with Crippen LogP contribution in [0.25, 0.3) is 0 Å². The summed E-state index contributed by atoms with van der Waals surface area (Å²) in [5.74, 6) is -0.638. The second-order valence-corrected chi connectivity index (χ2v) is 11.7. The zero-order valence-corrected chi connectivity index (χ0v) is 22.8. The Labute approximate surface area is 219 Å². The summed E-state index contributed by atoms with van der Waals surface area (Å²) in [5, 5.41) is 3.68. The zero-order valence-electron chi connectivity index (χ0n) is 21.2. The van der Waals surface area contributed by atoms with Gasteiger partial charge in [-0.25, -0.2) is 8.42 Å². The molecule has 196 valence electrons. The second kappa shape index (κ2) is 12.6. The summed E-state index contributed by atoms with van der Waals surface area (Å²) < 4.78 is 26.8. The molecule has 1 N–H and O–H groups in total. The first-order chi connectivity index (χ1) is 17.1. The molecular formula is C27H36ClN3O4S. The molecule has 2 aromatic rings. The van der Waals surface area contributed by atoms with Crippen LogP contribution in [0.2, 0.25) is 5.02 Å². The van der Waals surface area contributed by atoms with Crippen LogP contribution in [0.15, 0.2) is 48.5 Å². The predicted molar refractivity (Wildman–Crippen MR) is 144 cm³/mol. The van der Waals surface area contributed by atoms with Crippen molar-refractivity contribution in [1.29, 1.82) is 0 Å². The van der Waals surface area contributed by atoms with Crippen LogP contribution in [0, 0.1) is 0 Å². The lowest BCUT2D eigenvalue weighted by atomic mass is 10.1. The van der Waals surface area contributed by atoms with E-state index in [9.17, 15) is 18.0 Å². The minimum absolute atomic E-state index is 0.114. The molecule has 7 nitrogen and oxygen atoms in total. The summed E-state index contributed by atoms with van der Waals surface area (Å²) in [6.07, 6.45) is 6.14. The molecule has 0 bridgehead atoms. The molecule has 0 heterocycles. The molecule has 0 spiro atoms. The monoisotopic (exact) mass is 533 g/mol. The molecule has 0 radical (unpaired) electrons. The smallest absolute Gasteiger partial charge is 0.244 e. The van der Waals surface area contributed by atoms with Crippen molar-refractivity contribution in [2.24, 2.45) is 0 Å². The van der Waals surface area contributed by atoms with E-state index in [2.05, 4.69) is 5.32 Å². The number of carbonyl (C=O) groups excluding carboxylic acids is 2. The Morgan fingerprint density at radius 2 is 1.69 bits per heavy atom. The van der Waals surface area contributed by atoms with E-state index < -0.39 is 28.5 Å². The molecule has 0 aromatic heterocycles.